The minimum Gasteiger partial charge on any atom is -0.496 e. The van der Waals surface area contributed by atoms with Gasteiger partial charge in [0.1, 0.15) is 5.75 Å². The van der Waals surface area contributed by atoms with Crippen LogP contribution in [0.4, 0.5) is 0 Å². The van der Waals surface area contributed by atoms with Crippen LogP contribution in [0.1, 0.15) is 29.2 Å². The van der Waals surface area contributed by atoms with Crippen molar-refractivity contribution in [3.8, 4) is 5.75 Å². The second-order valence-corrected chi connectivity index (χ2v) is 6.12. The molecule has 2 aromatic rings. The maximum atomic E-state index is 5.47. The van der Waals surface area contributed by atoms with Crippen LogP contribution in [0.15, 0.2) is 47.5 Å². The molecule has 0 saturated heterocycles. The number of hydrogen-bond donors (Lipinski definition) is 2. The van der Waals surface area contributed by atoms with Gasteiger partial charge in [0.2, 0.25) is 0 Å². The largest absolute Gasteiger partial charge is 0.496 e. The average molecular weight is 483 g/mol. The lowest BCUT2D eigenvalue weighted by atomic mass is 10.1. The summed E-state index contributed by atoms with van der Waals surface area (Å²) in [6.07, 6.45) is 0. The fourth-order valence-corrected chi connectivity index (χ4v) is 2.67. The highest BCUT2D eigenvalue weighted by atomic mass is 127. The molecular formula is C21H30IN3O2. The van der Waals surface area contributed by atoms with Gasteiger partial charge in [-0.3, -0.25) is 0 Å². The number of hydrogen-bond acceptors (Lipinski definition) is 3. The van der Waals surface area contributed by atoms with Crippen molar-refractivity contribution < 1.29 is 9.47 Å². The zero-order valence-corrected chi connectivity index (χ0v) is 18.9. The summed E-state index contributed by atoms with van der Waals surface area (Å²) in [5, 5.41) is 6.66. The first-order valence-electron chi connectivity index (χ1n) is 8.88. The molecule has 0 spiro atoms. The fraction of sp³-hybridized carbons (Fsp3) is 0.381. The lowest BCUT2D eigenvalue weighted by Gasteiger charge is -2.14. The SMILES string of the molecule is CCNC(=NCc1cccc(COC)c1)NCc1ccc(C)cc1OC.I. The van der Waals surface area contributed by atoms with Crippen LogP contribution in [0.3, 0.4) is 0 Å². The molecule has 0 heterocycles. The number of rotatable bonds is 8. The van der Waals surface area contributed by atoms with Crippen molar-refractivity contribution in [3.05, 3.63) is 64.7 Å². The molecule has 0 atom stereocenters. The molecule has 2 aromatic carbocycles. The molecule has 6 heteroatoms. The highest BCUT2D eigenvalue weighted by molar-refractivity contribution is 14.0. The van der Waals surface area contributed by atoms with Crippen molar-refractivity contribution in [1.29, 1.82) is 0 Å². The Kier molecular flexibility index (Phi) is 10.8. The summed E-state index contributed by atoms with van der Waals surface area (Å²) in [5.74, 6) is 1.67. The van der Waals surface area contributed by atoms with Gasteiger partial charge in [-0.05, 0) is 36.6 Å². The smallest absolute Gasteiger partial charge is 0.191 e. The van der Waals surface area contributed by atoms with Crippen molar-refractivity contribution in [2.75, 3.05) is 20.8 Å². The Labute approximate surface area is 179 Å². The molecule has 148 valence electrons. The van der Waals surface area contributed by atoms with Crippen molar-refractivity contribution >= 4 is 29.9 Å². The Hall–Kier alpha value is -1.80. The number of halogens is 1. The molecule has 0 unspecified atom stereocenters. The fourth-order valence-electron chi connectivity index (χ4n) is 2.67. The lowest BCUT2D eigenvalue weighted by Crippen LogP contribution is -2.36. The monoisotopic (exact) mass is 483 g/mol. The minimum atomic E-state index is 0. The Bertz CT molecular complexity index is 735. The molecular weight excluding hydrogens is 453 g/mol. The number of nitrogens with one attached hydrogen (secondary N) is 2. The molecule has 0 aliphatic heterocycles. The van der Waals surface area contributed by atoms with Crippen molar-refractivity contribution in [2.24, 2.45) is 4.99 Å². The number of aryl methyl sites for hydroxylation is 1. The molecule has 27 heavy (non-hydrogen) atoms. The summed E-state index contributed by atoms with van der Waals surface area (Å²) in [6, 6.07) is 14.5. The quantitative estimate of drug-likeness (QED) is 0.339. The van der Waals surface area contributed by atoms with E-state index in [1.54, 1.807) is 14.2 Å². The molecule has 0 aromatic heterocycles. The summed E-state index contributed by atoms with van der Waals surface area (Å²) in [4.78, 5) is 4.69. The third-order valence-electron chi connectivity index (χ3n) is 3.96. The number of benzene rings is 2. The Balaban J connectivity index is 0.00000364. The molecule has 0 bridgehead atoms. The van der Waals surface area contributed by atoms with Gasteiger partial charge in [-0.1, -0.05) is 36.4 Å². The molecule has 5 nitrogen and oxygen atoms in total. The Morgan fingerprint density at radius 1 is 1.04 bits per heavy atom. The molecule has 0 saturated carbocycles. The molecule has 0 radical (unpaired) electrons. The first kappa shape index (κ1) is 23.2. The van der Waals surface area contributed by atoms with Gasteiger partial charge in [-0.25, -0.2) is 4.99 Å². The van der Waals surface area contributed by atoms with Crippen LogP contribution in [-0.4, -0.2) is 26.7 Å². The summed E-state index contributed by atoms with van der Waals surface area (Å²) >= 11 is 0. The highest BCUT2D eigenvalue weighted by Crippen LogP contribution is 2.19. The van der Waals surface area contributed by atoms with Crippen molar-refractivity contribution in [2.45, 2.75) is 33.5 Å². The van der Waals surface area contributed by atoms with E-state index in [1.807, 2.05) is 12.1 Å². The van der Waals surface area contributed by atoms with Gasteiger partial charge >= 0.3 is 0 Å². The van der Waals surface area contributed by atoms with Crippen LogP contribution in [0, 0.1) is 6.92 Å². The second kappa shape index (κ2) is 12.6. The van der Waals surface area contributed by atoms with Gasteiger partial charge in [-0.2, -0.15) is 0 Å². The van der Waals surface area contributed by atoms with E-state index in [2.05, 4.69) is 59.8 Å². The predicted molar refractivity (Wildman–Crippen MR) is 122 cm³/mol. The van der Waals surface area contributed by atoms with Gasteiger partial charge < -0.3 is 20.1 Å². The summed E-state index contributed by atoms with van der Waals surface area (Å²) in [7, 11) is 3.40. The van der Waals surface area contributed by atoms with E-state index < -0.39 is 0 Å². The number of nitrogens with zero attached hydrogens (tertiary/aromatic N) is 1. The first-order chi connectivity index (χ1) is 12.7. The van der Waals surface area contributed by atoms with Gasteiger partial charge in [0, 0.05) is 25.8 Å². The number of guanidine groups is 1. The van der Waals surface area contributed by atoms with E-state index in [4.69, 9.17) is 9.47 Å². The van der Waals surface area contributed by atoms with E-state index >= 15 is 0 Å². The van der Waals surface area contributed by atoms with Crippen LogP contribution in [-0.2, 0) is 24.4 Å². The Morgan fingerprint density at radius 3 is 2.52 bits per heavy atom. The van der Waals surface area contributed by atoms with Crippen LogP contribution >= 0.6 is 24.0 Å². The first-order valence-corrected chi connectivity index (χ1v) is 8.88. The van der Waals surface area contributed by atoms with E-state index in [-0.39, 0.29) is 24.0 Å². The van der Waals surface area contributed by atoms with Gasteiger partial charge in [0.15, 0.2) is 5.96 Å². The minimum absolute atomic E-state index is 0. The van der Waals surface area contributed by atoms with Crippen LogP contribution in [0.5, 0.6) is 5.75 Å². The highest BCUT2D eigenvalue weighted by Gasteiger charge is 2.05. The number of methoxy groups -OCH3 is 2. The molecule has 2 N–H and O–H groups in total. The summed E-state index contributed by atoms with van der Waals surface area (Å²) in [5.41, 5.74) is 4.60. The zero-order chi connectivity index (χ0) is 18.8. The molecule has 0 fully saturated rings. The van der Waals surface area contributed by atoms with E-state index in [0.29, 0.717) is 19.7 Å². The molecule has 0 aliphatic carbocycles. The van der Waals surface area contributed by atoms with Gasteiger partial charge in [0.05, 0.1) is 20.3 Å². The average Bonchev–Trinajstić information content (AvgIpc) is 2.65. The van der Waals surface area contributed by atoms with Gasteiger partial charge in [0.25, 0.3) is 0 Å². The molecule has 0 amide bonds. The maximum absolute atomic E-state index is 5.47. The second-order valence-electron chi connectivity index (χ2n) is 6.12. The number of aliphatic imine (C=N–C) groups is 1. The predicted octanol–water partition coefficient (Wildman–Crippen LogP) is 4.02. The van der Waals surface area contributed by atoms with Crippen LogP contribution in [0.25, 0.3) is 0 Å². The lowest BCUT2D eigenvalue weighted by molar-refractivity contribution is 0.185. The summed E-state index contributed by atoms with van der Waals surface area (Å²) in [6.45, 7) is 6.80. The normalized spacial score (nSPS) is 10.9. The third-order valence-corrected chi connectivity index (χ3v) is 3.96. The van der Waals surface area contributed by atoms with Crippen molar-refractivity contribution in [3.63, 3.8) is 0 Å². The standard InChI is InChI=1S/C21H29N3O2.HI/c1-5-22-21(23-13-17-7-6-8-18(12-17)15-25-3)24-14-19-10-9-16(2)11-20(19)26-4;/h6-12H,5,13-15H2,1-4H3,(H2,22,23,24);1H. The van der Waals surface area contributed by atoms with E-state index in [1.165, 1.54) is 5.56 Å². The zero-order valence-electron chi connectivity index (χ0n) is 16.5. The summed E-state index contributed by atoms with van der Waals surface area (Å²) < 4.78 is 10.7. The van der Waals surface area contributed by atoms with Crippen molar-refractivity contribution in [1.82, 2.24) is 10.6 Å². The van der Waals surface area contributed by atoms with Gasteiger partial charge in [-0.15, -0.1) is 24.0 Å². The number of ether oxygens (including phenoxy) is 2. The molecule has 2 rings (SSSR count). The van der Waals surface area contributed by atoms with Crippen LogP contribution < -0.4 is 15.4 Å². The van der Waals surface area contributed by atoms with E-state index in [9.17, 15) is 0 Å². The maximum Gasteiger partial charge on any atom is 0.191 e. The third kappa shape index (κ3) is 7.76. The van der Waals surface area contributed by atoms with E-state index in [0.717, 1.165) is 34.9 Å². The topological polar surface area (TPSA) is 54.9 Å². The van der Waals surface area contributed by atoms with Crippen LogP contribution in [0.2, 0.25) is 0 Å². The Morgan fingerprint density at radius 2 is 1.81 bits per heavy atom. The molecule has 0 aliphatic rings.